The minimum Gasteiger partial charge on any atom is -0.306 e. The molecule has 0 amide bonds. The zero-order valence-corrected chi connectivity index (χ0v) is 13.0. The van der Waals surface area contributed by atoms with Crippen molar-refractivity contribution in [2.24, 2.45) is 0 Å². The molecule has 1 aromatic rings. The second-order valence-electron chi connectivity index (χ2n) is 6.43. The Morgan fingerprint density at radius 3 is 2.16 bits per heavy atom. The van der Waals surface area contributed by atoms with Crippen molar-refractivity contribution in [2.45, 2.75) is 58.2 Å². The molecule has 1 heterocycles. The Morgan fingerprint density at radius 2 is 1.68 bits per heavy atom. The quantitative estimate of drug-likeness (QED) is 0.890. The molecule has 3 atom stereocenters. The van der Waals surface area contributed by atoms with Gasteiger partial charge in [-0.25, -0.2) is 0 Å². The number of rotatable bonds is 4. The number of benzene rings is 1. The van der Waals surface area contributed by atoms with E-state index in [0.717, 1.165) is 6.54 Å². The first kappa shape index (κ1) is 14.5. The number of nitrogens with zero attached hydrogens (tertiary/aromatic N) is 1. The van der Waals surface area contributed by atoms with E-state index >= 15 is 0 Å². The predicted molar refractivity (Wildman–Crippen MR) is 82.6 cm³/mol. The minimum atomic E-state index is 0.435. The first-order valence-electron chi connectivity index (χ1n) is 7.53. The molecular formula is C17H28N2. The lowest BCUT2D eigenvalue weighted by Crippen LogP contribution is -2.33. The third-order valence-electron chi connectivity index (χ3n) is 4.48. The van der Waals surface area contributed by atoms with Gasteiger partial charge < -0.3 is 10.2 Å². The van der Waals surface area contributed by atoms with Crippen LogP contribution in [0.2, 0.25) is 0 Å². The van der Waals surface area contributed by atoms with Gasteiger partial charge >= 0.3 is 0 Å². The van der Waals surface area contributed by atoms with Crippen molar-refractivity contribution in [1.82, 2.24) is 10.2 Å². The number of hydrogen-bond donors (Lipinski definition) is 1. The van der Waals surface area contributed by atoms with Crippen LogP contribution in [0.3, 0.4) is 0 Å². The Morgan fingerprint density at radius 1 is 1.11 bits per heavy atom. The van der Waals surface area contributed by atoms with E-state index in [1.165, 1.54) is 17.5 Å². The van der Waals surface area contributed by atoms with Gasteiger partial charge in [0.25, 0.3) is 0 Å². The number of hydrogen-bond acceptors (Lipinski definition) is 2. The van der Waals surface area contributed by atoms with E-state index in [2.05, 4.69) is 69.2 Å². The molecule has 1 aromatic carbocycles. The molecule has 3 unspecified atom stereocenters. The monoisotopic (exact) mass is 260 g/mol. The molecule has 106 valence electrons. The maximum atomic E-state index is 3.76. The van der Waals surface area contributed by atoms with Crippen molar-refractivity contribution in [3.63, 3.8) is 0 Å². The van der Waals surface area contributed by atoms with Crippen LogP contribution in [0.5, 0.6) is 0 Å². The summed E-state index contributed by atoms with van der Waals surface area (Å²) in [6.07, 6.45) is 1.25. The first-order chi connectivity index (χ1) is 8.97. The summed E-state index contributed by atoms with van der Waals surface area (Å²) in [4.78, 5) is 2.44. The topological polar surface area (TPSA) is 15.3 Å². The standard InChI is InChI=1S/C17H28N2/c1-12(2)15-6-8-16(9-7-15)14(4)18-17-10-13(3)19(5)11-17/h6-9,12-14,17-18H,10-11H2,1-5H3. The van der Waals surface area contributed by atoms with Gasteiger partial charge in [0.2, 0.25) is 0 Å². The zero-order chi connectivity index (χ0) is 14.0. The predicted octanol–water partition coefficient (Wildman–Crippen LogP) is 3.55. The van der Waals surface area contributed by atoms with Crippen LogP contribution in [-0.2, 0) is 0 Å². The van der Waals surface area contributed by atoms with Crippen LogP contribution in [0.15, 0.2) is 24.3 Å². The summed E-state index contributed by atoms with van der Waals surface area (Å²) in [7, 11) is 2.22. The minimum absolute atomic E-state index is 0.435. The van der Waals surface area contributed by atoms with Crippen LogP contribution in [0.4, 0.5) is 0 Å². The van der Waals surface area contributed by atoms with Gasteiger partial charge in [-0.05, 0) is 44.4 Å². The summed E-state index contributed by atoms with van der Waals surface area (Å²) in [5.41, 5.74) is 2.82. The molecule has 0 spiro atoms. The first-order valence-corrected chi connectivity index (χ1v) is 7.53. The van der Waals surface area contributed by atoms with E-state index in [9.17, 15) is 0 Å². The molecule has 2 nitrogen and oxygen atoms in total. The molecule has 2 heteroatoms. The van der Waals surface area contributed by atoms with Crippen molar-refractivity contribution in [3.05, 3.63) is 35.4 Å². The highest BCUT2D eigenvalue weighted by molar-refractivity contribution is 5.26. The molecule has 0 saturated carbocycles. The summed E-state index contributed by atoms with van der Waals surface area (Å²) in [5, 5.41) is 3.76. The molecule has 19 heavy (non-hydrogen) atoms. The fourth-order valence-electron chi connectivity index (χ4n) is 2.93. The Labute approximate surface area is 118 Å². The largest absolute Gasteiger partial charge is 0.306 e. The highest BCUT2D eigenvalue weighted by Gasteiger charge is 2.26. The Hall–Kier alpha value is -0.860. The summed E-state index contributed by atoms with van der Waals surface area (Å²) in [5.74, 6) is 0.613. The van der Waals surface area contributed by atoms with Gasteiger partial charge in [0.1, 0.15) is 0 Å². The average molecular weight is 260 g/mol. The van der Waals surface area contributed by atoms with Crippen LogP contribution >= 0.6 is 0 Å². The maximum Gasteiger partial charge on any atom is 0.0294 e. The summed E-state index contributed by atoms with van der Waals surface area (Å²) < 4.78 is 0. The molecule has 0 radical (unpaired) electrons. The summed E-state index contributed by atoms with van der Waals surface area (Å²) >= 11 is 0. The maximum absolute atomic E-state index is 3.76. The van der Waals surface area contributed by atoms with Gasteiger partial charge in [0.15, 0.2) is 0 Å². The van der Waals surface area contributed by atoms with Gasteiger partial charge in [-0.2, -0.15) is 0 Å². The molecular weight excluding hydrogens is 232 g/mol. The Bertz CT molecular complexity index is 386. The van der Waals surface area contributed by atoms with Crippen LogP contribution in [-0.4, -0.2) is 30.6 Å². The molecule has 1 N–H and O–H groups in total. The van der Waals surface area contributed by atoms with Crippen molar-refractivity contribution >= 4 is 0 Å². The lowest BCUT2D eigenvalue weighted by Gasteiger charge is -2.20. The fraction of sp³-hybridized carbons (Fsp3) is 0.647. The third kappa shape index (κ3) is 3.58. The SMILES string of the molecule is CC(C)c1ccc(C(C)NC2CC(C)N(C)C2)cc1. The van der Waals surface area contributed by atoms with Crippen LogP contribution < -0.4 is 5.32 Å². The zero-order valence-electron chi connectivity index (χ0n) is 13.0. The molecule has 0 bridgehead atoms. The molecule has 0 aliphatic carbocycles. The van der Waals surface area contributed by atoms with E-state index in [4.69, 9.17) is 0 Å². The van der Waals surface area contributed by atoms with Gasteiger partial charge in [-0.1, -0.05) is 38.1 Å². The lowest BCUT2D eigenvalue weighted by atomic mass is 9.99. The molecule has 1 aliphatic rings. The average Bonchev–Trinajstić information content (AvgIpc) is 2.68. The third-order valence-corrected chi connectivity index (χ3v) is 4.48. The number of likely N-dealkylation sites (N-methyl/N-ethyl adjacent to an activating group) is 1. The van der Waals surface area contributed by atoms with Crippen LogP contribution in [0.25, 0.3) is 0 Å². The van der Waals surface area contributed by atoms with Crippen molar-refractivity contribution in [3.8, 4) is 0 Å². The van der Waals surface area contributed by atoms with Gasteiger partial charge in [-0.15, -0.1) is 0 Å². The number of nitrogens with one attached hydrogen (secondary N) is 1. The highest BCUT2D eigenvalue weighted by atomic mass is 15.2. The highest BCUT2D eigenvalue weighted by Crippen LogP contribution is 2.21. The normalized spacial score (nSPS) is 26.0. The van der Waals surface area contributed by atoms with Gasteiger partial charge in [0.05, 0.1) is 0 Å². The van der Waals surface area contributed by atoms with E-state index in [1.54, 1.807) is 0 Å². The second-order valence-corrected chi connectivity index (χ2v) is 6.43. The van der Waals surface area contributed by atoms with E-state index in [-0.39, 0.29) is 0 Å². The van der Waals surface area contributed by atoms with E-state index in [0.29, 0.717) is 24.0 Å². The fourth-order valence-corrected chi connectivity index (χ4v) is 2.93. The molecule has 1 fully saturated rings. The number of likely N-dealkylation sites (tertiary alicyclic amines) is 1. The van der Waals surface area contributed by atoms with Gasteiger partial charge in [-0.3, -0.25) is 0 Å². The summed E-state index contributed by atoms with van der Waals surface area (Å²) in [6, 6.07) is 10.8. The second kappa shape index (κ2) is 6.06. The Kier molecular flexibility index (Phi) is 4.64. The Balaban J connectivity index is 1.94. The molecule has 1 saturated heterocycles. The van der Waals surface area contributed by atoms with Crippen molar-refractivity contribution in [2.75, 3.05) is 13.6 Å². The van der Waals surface area contributed by atoms with Crippen molar-refractivity contribution < 1.29 is 0 Å². The summed E-state index contributed by atoms with van der Waals surface area (Å²) in [6.45, 7) is 10.2. The molecule has 1 aliphatic heterocycles. The van der Waals surface area contributed by atoms with Gasteiger partial charge in [0, 0.05) is 24.7 Å². The van der Waals surface area contributed by atoms with Crippen LogP contribution in [0, 0.1) is 0 Å². The van der Waals surface area contributed by atoms with Crippen LogP contribution in [0.1, 0.15) is 57.2 Å². The van der Waals surface area contributed by atoms with E-state index in [1.807, 2.05) is 0 Å². The lowest BCUT2D eigenvalue weighted by molar-refractivity contribution is 0.325. The molecule has 0 aromatic heterocycles. The van der Waals surface area contributed by atoms with E-state index < -0.39 is 0 Å². The smallest absolute Gasteiger partial charge is 0.0294 e. The molecule has 2 rings (SSSR count). The van der Waals surface area contributed by atoms with Crippen molar-refractivity contribution in [1.29, 1.82) is 0 Å².